The Hall–Kier alpha value is 3.91. The van der Waals surface area contributed by atoms with Crippen LogP contribution in [-0.2, 0) is 0 Å². The number of hydrogen-bond acceptors (Lipinski definition) is 0. The first kappa shape index (κ1) is 36.5. The molecule has 0 atom stereocenters. The van der Waals surface area contributed by atoms with Crippen LogP contribution in [0.15, 0.2) is 0 Å². The van der Waals surface area contributed by atoms with Crippen LogP contribution < -0.4 is 0 Å². The van der Waals surface area contributed by atoms with E-state index >= 15 is 0 Å². The van der Waals surface area contributed by atoms with Gasteiger partial charge in [-0.3, -0.25) is 0 Å². The summed E-state index contributed by atoms with van der Waals surface area (Å²) < 4.78 is 0. The molecule has 34 valence electrons. The zero-order valence-electron chi connectivity index (χ0n) is 1.41. The predicted molar refractivity (Wildman–Crippen MR) is 49.7 cm³/mol. The van der Waals surface area contributed by atoms with E-state index in [1.54, 1.807) is 0 Å². The quantitative estimate of drug-likeness (QED) is 0.282. The Morgan fingerprint density at radius 1 is 0.600 bits per heavy atom. The van der Waals surface area contributed by atoms with Crippen molar-refractivity contribution in [2.24, 2.45) is 0 Å². The summed E-state index contributed by atoms with van der Waals surface area (Å²) in [5, 5.41) is 0. The molecule has 0 aromatic carbocycles. The Morgan fingerprint density at radius 2 is 0.600 bits per heavy atom. The molecular formula is H15AlIn2Sb2. The molecule has 0 aliphatic heterocycles. The van der Waals surface area contributed by atoms with Crippen LogP contribution >= 0.6 is 0 Å². The van der Waals surface area contributed by atoms with Gasteiger partial charge in [0.25, 0.3) is 0 Å². The van der Waals surface area contributed by atoms with Crippen molar-refractivity contribution in [3.05, 3.63) is 0 Å². The van der Waals surface area contributed by atoms with Gasteiger partial charge in [0.2, 0.25) is 0 Å². The summed E-state index contributed by atoms with van der Waals surface area (Å²) in [6.45, 7) is 0. The average molecular weight is 515 g/mol. The first-order valence-corrected chi connectivity index (χ1v) is 0. The summed E-state index contributed by atoms with van der Waals surface area (Å²) >= 11 is 0. The van der Waals surface area contributed by atoms with Crippen molar-refractivity contribution in [3.63, 3.8) is 0 Å². The first-order chi connectivity index (χ1) is 0. The van der Waals surface area contributed by atoms with E-state index in [4.69, 9.17) is 0 Å². The van der Waals surface area contributed by atoms with Gasteiger partial charge in [-0.25, -0.2) is 0 Å². The van der Waals surface area contributed by atoms with E-state index in [9.17, 15) is 0 Å². The van der Waals surface area contributed by atoms with E-state index in [-0.39, 0.29) is 118 Å². The van der Waals surface area contributed by atoms with E-state index in [2.05, 4.69) is 0 Å². The second kappa shape index (κ2) is 24.7. The van der Waals surface area contributed by atoms with Crippen LogP contribution in [0.1, 0.15) is 0 Å². The molecule has 0 aromatic rings. The van der Waals surface area contributed by atoms with Crippen LogP contribution in [0.5, 0.6) is 0 Å². The second-order valence-electron chi connectivity index (χ2n) is 0. The summed E-state index contributed by atoms with van der Waals surface area (Å²) in [6, 6.07) is 0. The molecule has 0 aromatic heterocycles. The molecule has 5 heteroatoms. The van der Waals surface area contributed by atoms with E-state index in [0.29, 0.717) is 0 Å². The van der Waals surface area contributed by atoms with Gasteiger partial charge in [-0.1, -0.05) is 0 Å². The van der Waals surface area contributed by atoms with Gasteiger partial charge in [-0.2, -0.15) is 0 Å². The molecule has 0 amide bonds. The van der Waals surface area contributed by atoms with E-state index in [0.717, 1.165) is 0 Å². The zero-order valence-corrected chi connectivity index (χ0v) is 9.49. The van der Waals surface area contributed by atoms with Crippen molar-refractivity contribution in [2.75, 3.05) is 0 Å². The number of rotatable bonds is 0. The molecule has 0 saturated carbocycles. The van der Waals surface area contributed by atoms with Gasteiger partial charge in [0.15, 0.2) is 17.4 Å². The van der Waals surface area contributed by atoms with Gasteiger partial charge >= 0.3 is 101 Å². The van der Waals surface area contributed by atoms with Crippen LogP contribution in [0.25, 0.3) is 0 Å². The van der Waals surface area contributed by atoms with Gasteiger partial charge in [0.1, 0.15) is 0 Å². The molecule has 0 heterocycles. The van der Waals surface area contributed by atoms with Crippen molar-refractivity contribution in [3.8, 4) is 0 Å². The normalized spacial score (nSPS) is 0. The van der Waals surface area contributed by atoms with Gasteiger partial charge in [-0.05, 0) is 0 Å². The molecule has 0 rings (SSSR count). The first-order valence-electron chi connectivity index (χ1n) is 0. The Kier molecular flexibility index (Phi) is 180. The zero-order chi connectivity index (χ0) is 0. The molecule has 0 saturated heterocycles. The monoisotopic (exact) mass is 514 g/mol. The second-order valence-corrected chi connectivity index (χ2v) is 0. The summed E-state index contributed by atoms with van der Waals surface area (Å²) in [4.78, 5) is 0. The van der Waals surface area contributed by atoms with Gasteiger partial charge < -0.3 is 0 Å². The molecule has 0 unspecified atom stereocenters. The maximum absolute atomic E-state index is 0. The van der Waals surface area contributed by atoms with E-state index in [1.807, 2.05) is 0 Å². The standard InChI is InChI=1S/Al.2In.2Sb.15H. The van der Waals surface area contributed by atoms with Crippen molar-refractivity contribution < 1.29 is 0 Å². The number of hydrogen-bond donors (Lipinski definition) is 0. The molecule has 0 N–H and O–H groups in total. The summed E-state index contributed by atoms with van der Waals surface area (Å²) in [6.07, 6.45) is 0. The van der Waals surface area contributed by atoms with Crippen molar-refractivity contribution >= 4 is 118 Å². The molecule has 0 aliphatic rings. The third-order valence-electron chi connectivity index (χ3n) is 0. The fraction of sp³-hybridized carbons (Fsp3) is 0. The van der Waals surface area contributed by atoms with Crippen LogP contribution in [0.2, 0.25) is 0 Å². The Bertz CT molecular complexity index is 7.61. The molecule has 0 spiro atoms. The Balaban J connectivity index is 0. The van der Waals surface area contributed by atoms with Gasteiger partial charge in [0, 0.05) is 0 Å². The Morgan fingerprint density at radius 3 is 0.600 bits per heavy atom. The summed E-state index contributed by atoms with van der Waals surface area (Å²) in [5.41, 5.74) is 0. The third-order valence-corrected chi connectivity index (χ3v) is 0. The topological polar surface area (TPSA) is 0 Å². The molecular weight excluding hydrogens is 500 g/mol. The molecule has 0 bridgehead atoms. The fourth-order valence-corrected chi connectivity index (χ4v) is 0. The van der Waals surface area contributed by atoms with Crippen LogP contribution in [-0.4, -0.2) is 118 Å². The summed E-state index contributed by atoms with van der Waals surface area (Å²) in [5.74, 6) is 0. The van der Waals surface area contributed by atoms with Gasteiger partial charge in [0.05, 0.1) is 0 Å². The average Bonchev–Trinajstić information content (AvgIpc) is 0. The molecule has 0 aliphatic carbocycles. The minimum absolute atomic E-state index is 0. The molecule has 0 radical (unpaired) electrons. The van der Waals surface area contributed by atoms with Gasteiger partial charge in [-0.15, -0.1) is 0 Å². The van der Waals surface area contributed by atoms with Crippen LogP contribution in [0.3, 0.4) is 0 Å². The Labute approximate surface area is 115 Å². The minimum atomic E-state index is 0. The predicted octanol–water partition coefficient (Wildman–Crippen LogP) is -5.92. The van der Waals surface area contributed by atoms with E-state index < -0.39 is 0 Å². The molecule has 0 nitrogen and oxygen atoms in total. The SMILES string of the molecule is [AlH3].[InH3].[InH3].[SbH3].[SbH3]. The van der Waals surface area contributed by atoms with Crippen LogP contribution in [0.4, 0.5) is 0 Å². The van der Waals surface area contributed by atoms with E-state index in [1.165, 1.54) is 0 Å². The van der Waals surface area contributed by atoms with Crippen molar-refractivity contribution in [1.29, 1.82) is 0 Å². The summed E-state index contributed by atoms with van der Waals surface area (Å²) in [7, 11) is 0. The van der Waals surface area contributed by atoms with Crippen LogP contribution in [0, 0.1) is 0 Å². The maximum atomic E-state index is 0. The fourth-order valence-electron chi connectivity index (χ4n) is 0. The third kappa shape index (κ3) is 18.1. The van der Waals surface area contributed by atoms with Crippen molar-refractivity contribution in [1.82, 2.24) is 0 Å². The molecule has 0 fully saturated rings. The van der Waals surface area contributed by atoms with Crippen molar-refractivity contribution in [2.45, 2.75) is 0 Å². The molecule has 5 heavy (non-hydrogen) atoms.